The van der Waals surface area contributed by atoms with Gasteiger partial charge in [0.15, 0.2) is 6.29 Å². The monoisotopic (exact) mass is 551 g/mol. The van der Waals surface area contributed by atoms with Crippen molar-refractivity contribution >= 4 is 23.1 Å². The third kappa shape index (κ3) is 8.97. The first-order chi connectivity index (χ1) is 18.0. The Bertz CT molecular complexity index is 1210. The molecule has 2 aromatic heterocycles. The standard InChI is InChI=1S/C27H29ClF3N3O4/c1-17(7-8-18(2)33-26(35)20-9-10-32-22(14-20)27(29,30)31)19(3)21-15-23(28)34-24(16-21)36-12-13-38-25-6-4-5-11-37-25/h7-10,14-16,25H,2,4-6,11-13H2,1,3H3,(H,33,35)/b8-7-,19-17+. The zero-order valence-electron chi connectivity index (χ0n) is 21.1. The molecule has 1 unspecified atom stereocenters. The number of nitrogens with one attached hydrogen (secondary N) is 1. The SMILES string of the molecule is C=C(/C=C\C(C)=C(/C)c1cc(Cl)nc(OCCOC2CCCCO2)c1)NC(=O)c1ccnc(C(F)(F)F)c1. The van der Waals surface area contributed by atoms with Gasteiger partial charge >= 0.3 is 6.18 Å². The number of aromatic nitrogens is 2. The summed E-state index contributed by atoms with van der Waals surface area (Å²) in [6.07, 6.45) is 2.36. The number of carbonyl (C=O) groups is 1. The molecule has 0 spiro atoms. The van der Waals surface area contributed by atoms with E-state index in [4.69, 9.17) is 25.8 Å². The van der Waals surface area contributed by atoms with E-state index in [9.17, 15) is 18.0 Å². The van der Waals surface area contributed by atoms with Crippen molar-refractivity contribution in [3.05, 3.63) is 82.4 Å². The minimum Gasteiger partial charge on any atom is -0.475 e. The highest BCUT2D eigenvalue weighted by molar-refractivity contribution is 6.29. The average molecular weight is 552 g/mol. The zero-order valence-corrected chi connectivity index (χ0v) is 21.9. The highest BCUT2D eigenvalue weighted by atomic mass is 35.5. The highest BCUT2D eigenvalue weighted by Crippen LogP contribution is 2.28. The van der Waals surface area contributed by atoms with Crippen molar-refractivity contribution in [1.82, 2.24) is 15.3 Å². The summed E-state index contributed by atoms with van der Waals surface area (Å²) in [5.74, 6) is -0.378. The van der Waals surface area contributed by atoms with E-state index < -0.39 is 17.8 Å². The Morgan fingerprint density at radius 2 is 2.00 bits per heavy atom. The molecule has 0 radical (unpaired) electrons. The van der Waals surface area contributed by atoms with Crippen LogP contribution in [0.15, 0.2) is 60.5 Å². The Kier molecular flexibility index (Phi) is 10.5. The predicted octanol–water partition coefficient (Wildman–Crippen LogP) is 6.36. The van der Waals surface area contributed by atoms with Crippen LogP contribution in [0.1, 0.15) is 54.7 Å². The van der Waals surface area contributed by atoms with Crippen LogP contribution in [-0.4, -0.2) is 42.0 Å². The Morgan fingerprint density at radius 1 is 1.21 bits per heavy atom. The molecule has 1 saturated heterocycles. The van der Waals surface area contributed by atoms with E-state index >= 15 is 0 Å². The lowest BCUT2D eigenvalue weighted by Crippen LogP contribution is -2.24. The fraction of sp³-hybridized carbons (Fsp3) is 0.370. The number of halogens is 4. The molecule has 0 aromatic carbocycles. The van der Waals surface area contributed by atoms with Gasteiger partial charge in [0.05, 0.1) is 6.61 Å². The predicted molar refractivity (Wildman–Crippen MR) is 138 cm³/mol. The molecular formula is C27H29ClF3N3O4. The summed E-state index contributed by atoms with van der Waals surface area (Å²) >= 11 is 6.20. The van der Waals surface area contributed by atoms with E-state index in [-0.39, 0.29) is 29.3 Å². The number of nitrogens with zero attached hydrogens (tertiary/aromatic N) is 2. The van der Waals surface area contributed by atoms with Gasteiger partial charge in [-0.1, -0.05) is 24.3 Å². The van der Waals surface area contributed by atoms with Gasteiger partial charge in [0.1, 0.15) is 17.5 Å². The van der Waals surface area contributed by atoms with Gasteiger partial charge in [0.25, 0.3) is 5.91 Å². The second-order valence-corrected chi connectivity index (χ2v) is 8.97. The van der Waals surface area contributed by atoms with Crippen LogP contribution in [0.5, 0.6) is 5.88 Å². The molecule has 1 aliphatic heterocycles. The molecule has 3 rings (SSSR count). The Labute approximate surface area is 224 Å². The van der Waals surface area contributed by atoms with Crippen LogP contribution < -0.4 is 10.1 Å². The number of allylic oxidation sites excluding steroid dienone is 4. The lowest BCUT2D eigenvalue weighted by molar-refractivity contribution is -0.165. The minimum absolute atomic E-state index is 0.180. The molecule has 0 saturated carbocycles. The molecule has 1 aliphatic rings. The zero-order chi connectivity index (χ0) is 27.7. The van der Waals surface area contributed by atoms with Gasteiger partial charge in [0.2, 0.25) is 5.88 Å². The summed E-state index contributed by atoms with van der Waals surface area (Å²) in [4.78, 5) is 19.8. The number of ether oxygens (including phenoxy) is 3. The number of carbonyl (C=O) groups excluding carboxylic acids is 1. The first-order valence-corrected chi connectivity index (χ1v) is 12.3. The Hall–Kier alpha value is -3.21. The summed E-state index contributed by atoms with van der Waals surface area (Å²) < 4.78 is 55.5. The normalized spacial score (nSPS) is 16.7. The Balaban J connectivity index is 1.58. The number of hydrogen-bond acceptors (Lipinski definition) is 6. The fourth-order valence-corrected chi connectivity index (χ4v) is 3.70. The maximum atomic E-state index is 12.9. The third-order valence-corrected chi connectivity index (χ3v) is 5.88. The van der Waals surface area contributed by atoms with Crippen molar-refractivity contribution in [3.63, 3.8) is 0 Å². The maximum Gasteiger partial charge on any atom is 0.433 e. The van der Waals surface area contributed by atoms with Crippen LogP contribution in [0, 0.1) is 0 Å². The van der Waals surface area contributed by atoms with Gasteiger partial charge < -0.3 is 19.5 Å². The van der Waals surface area contributed by atoms with Crippen LogP contribution in [0.4, 0.5) is 13.2 Å². The first kappa shape index (κ1) is 29.3. The number of amides is 1. The molecular weight excluding hydrogens is 523 g/mol. The summed E-state index contributed by atoms with van der Waals surface area (Å²) in [7, 11) is 0. The number of alkyl halides is 3. The van der Waals surface area contributed by atoms with Gasteiger partial charge in [-0.25, -0.2) is 4.98 Å². The van der Waals surface area contributed by atoms with Crippen molar-refractivity contribution in [2.75, 3.05) is 19.8 Å². The van der Waals surface area contributed by atoms with Crippen molar-refractivity contribution in [2.45, 2.75) is 45.6 Å². The molecule has 1 fully saturated rings. The van der Waals surface area contributed by atoms with E-state index in [0.29, 0.717) is 25.2 Å². The molecule has 0 aliphatic carbocycles. The van der Waals surface area contributed by atoms with E-state index in [1.54, 1.807) is 24.3 Å². The summed E-state index contributed by atoms with van der Waals surface area (Å²) in [5.41, 5.74) is 1.35. The number of pyridine rings is 2. The van der Waals surface area contributed by atoms with Crippen molar-refractivity contribution in [2.24, 2.45) is 0 Å². The molecule has 38 heavy (non-hydrogen) atoms. The van der Waals surface area contributed by atoms with Gasteiger partial charge in [-0.15, -0.1) is 0 Å². The number of rotatable bonds is 10. The minimum atomic E-state index is -4.65. The fourth-order valence-electron chi connectivity index (χ4n) is 3.50. The molecule has 3 heterocycles. The lowest BCUT2D eigenvalue weighted by Gasteiger charge is -2.22. The average Bonchev–Trinajstić information content (AvgIpc) is 2.89. The van der Waals surface area contributed by atoms with E-state index in [1.807, 2.05) is 13.8 Å². The molecule has 204 valence electrons. The number of hydrogen-bond donors (Lipinski definition) is 1. The van der Waals surface area contributed by atoms with Crippen LogP contribution >= 0.6 is 11.6 Å². The van der Waals surface area contributed by atoms with Crippen molar-refractivity contribution in [3.8, 4) is 5.88 Å². The first-order valence-electron chi connectivity index (χ1n) is 12.0. The third-order valence-electron chi connectivity index (χ3n) is 5.69. The summed E-state index contributed by atoms with van der Waals surface area (Å²) in [6.45, 7) is 8.84. The lowest BCUT2D eigenvalue weighted by atomic mass is 10.0. The quantitative estimate of drug-likeness (QED) is 0.210. The highest BCUT2D eigenvalue weighted by Gasteiger charge is 2.33. The van der Waals surface area contributed by atoms with Crippen LogP contribution in [0.2, 0.25) is 5.15 Å². The maximum absolute atomic E-state index is 12.9. The topological polar surface area (TPSA) is 82.6 Å². The van der Waals surface area contributed by atoms with E-state index in [2.05, 4.69) is 21.9 Å². The van der Waals surface area contributed by atoms with Gasteiger partial charge in [-0.2, -0.15) is 13.2 Å². The summed E-state index contributed by atoms with van der Waals surface area (Å²) in [6, 6.07) is 5.34. The second-order valence-electron chi connectivity index (χ2n) is 8.58. The van der Waals surface area contributed by atoms with Crippen LogP contribution in [-0.2, 0) is 15.7 Å². The van der Waals surface area contributed by atoms with Gasteiger partial charge in [0, 0.05) is 30.1 Å². The molecule has 1 atom stereocenters. The molecule has 0 bridgehead atoms. The second kappa shape index (κ2) is 13.5. The van der Waals surface area contributed by atoms with Gasteiger partial charge in [-0.05, 0) is 74.1 Å². The van der Waals surface area contributed by atoms with E-state index in [0.717, 1.165) is 42.2 Å². The van der Waals surface area contributed by atoms with Crippen molar-refractivity contribution in [1.29, 1.82) is 0 Å². The summed E-state index contributed by atoms with van der Waals surface area (Å²) in [5, 5.41) is 2.73. The molecule has 2 aromatic rings. The van der Waals surface area contributed by atoms with E-state index in [1.165, 1.54) is 6.07 Å². The molecule has 1 N–H and O–H groups in total. The smallest absolute Gasteiger partial charge is 0.433 e. The Morgan fingerprint density at radius 3 is 2.71 bits per heavy atom. The molecule has 1 amide bonds. The van der Waals surface area contributed by atoms with Crippen LogP contribution in [0.25, 0.3) is 5.57 Å². The largest absolute Gasteiger partial charge is 0.475 e. The van der Waals surface area contributed by atoms with Crippen LogP contribution in [0.3, 0.4) is 0 Å². The molecule has 7 nitrogen and oxygen atoms in total. The van der Waals surface area contributed by atoms with Crippen molar-refractivity contribution < 1.29 is 32.2 Å². The van der Waals surface area contributed by atoms with Gasteiger partial charge in [-0.3, -0.25) is 9.78 Å². The molecule has 11 heteroatoms.